The molecular weight excluding hydrogens is 222 g/mol. The zero-order valence-electron chi connectivity index (χ0n) is 9.83. The molecule has 5 nitrogen and oxygen atoms in total. The molecule has 0 aliphatic heterocycles. The first-order valence-corrected chi connectivity index (χ1v) is 5.43. The second-order valence-corrected chi connectivity index (χ2v) is 3.34. The SMILES string of the molecule is CCC=C(CC=CCC=CCC(=O)O)[N+](=O)[O-]. The summed E-state index contributed by atoms with van der Waals surface area (Å²) in [5.41, 5.74) is 0.193. The number of hydrogen-bond acceptors (Lipinski definition) is 3. The van der Waals surface area contributed by atoms with Crippen molar-refractivity contribution in [3.8, 4) is 0 Å². The molecule has 0 aromatic rings. The minimum Gasteiger partial charge on any atom is -0.481 e. The highest BCUT2D eigenvalue weighted by Crippen LogP contribution is 2.05. The Morgan fingerprint density at radius 2 is 1.82 bits per heavy atom. The first-order chi connectivity index (χ1) is 8.07. The molecule has 0 atom stereocenters. The molecule has 0 aromatic heterocycles. The first kappa shape index (κ1) is 15.1. The van der Waals surface area contributed by atoms with Crippen molar-refractivity contribution >= 4 is 5.97 Å². The fraction of sp³-hybridized carbons (Fsp3) is 0.417. The van der Waals surface area contributed by atoms with Gasteiger partial charge in [-0.05, 0) is 18.9 Å². The van der Waals surface area contributed by atoms with E-state index in [0.29, 0.717) is 19.3 Å². The van der Waals surface area contributed by atoms with Gasteiger partial charge in [0, 0.05) is 0 Å². The molecule has 1 N–H and O–H groups in total. The number of aliphatic carboxylic acids is 1. The van der Waals surface area contributed by atoms with Gasteiger partial charge in [0.05, 0.1) is 17.8 Å². The molecule has 0 amide bonds. The molecule has 0 aromatic carbocycles. The smallest absolute Gasteiger partial charge is 0.307 e. The average Bonchev–Trinajstić information content (AvgIpc) is 2.25. The van der Waals surface area contributed by atoms with E-state index in [4.69, 9.17) is 5.11 Å². The van der Waals surface area contributed by atoms with Crippen molar-refractivity contribution in [3.63, 3.8) is 0 Å². The molecule has 0 saturated carbocycles. The number of nitro groups is 1. The Balaban J connectivity index is 3.94. The summed E-state index contributed by atoms with van der Waals surface area (Å²) in [5.74, 6) is -0.869. The fourth-order valence-corrected chi connectivity index (χ4v) is 1.13. The maximum atomic E-state index is 10.6. The minimum absolute atomic E-state index is 0.00370. The average molecular weight is 239 g/mol. The van der Waals surface area contributed by atoms with Gasteiger partial charge in [-0.1, -0.05) is 31.2 Å². The van der Waals surface area contributed by atoms with Gasteiger partial charge < -0.3 is 5.11 Å². The fourth-order valence-electron chi connectivity index (χ4n) is 1.13. The van der Waals surface area contributed by atoms with Gasteiger partial charge in [-0.25, -0.2) is 0 Å². The number of carboxylic acid groups (broad SMARTS) is 1. The second kappa shape index (κ2) is 9.33. The van der Waals surface area contributed by atoms with Crippen LogP contribution in [0.25, 0.3) is 0 Å². The quantitative estimate of drug-likeness (QED) is 0.401. The van der Waals surface area contributed by atoms with Crippen molar-refractivity contribution in [2.45, 2.75) is 32.6 Å². The number of carboxylic acids is 1. The Hall–Kier alpha value is -1.91. The monoisotopic (exact) mass is 239 g/mol. The lowest BCUT2D eigenvalue weighted by Gasteiger charge is -1.92. The zero-order chi connectivity index (χ0) is 13.1. The van der Waals surface area contributed by atoms with Crippen molar-refractivity contribution in [1.82, 2.24) is 0 Å². The van der Waals surface area contributed by atoms with E-state index < -0.39 is 5.97 Å². The maximum Gasteiger partial charge on any atom is 0.307 e. The summed E-state index contributed by atoms with van der Waals surface area (Å²) in [4.78, 5) is 20.3. The first-order valence-electron chi connectivity index (χ1n) is 5.43. The number of allylic oxidation sites excluding steroid dienone is 4. The molecule has 0 aliphatic rings. The second-order valence-electron chi connectivity index (χ2n) is 3.34. The molecule has 94 valence electrons. The molecule has 0 rings (SSSR count). The Kier molecular flexibility index (Phi) is 8.28. The normalized spacial score (nSPS) is 12.4. The van der Waals surface area contributed by atoms with Crippen molar-refractivity contribution in [2.24, 2.45) is 0 Å². The van der Waals surface area contributed by atoms with E-state index in [1.54, 1.807) is 30.4 Å². The Morgan fingerprint density at radius 3 is 2.29 bits per heavy atom. The molecule has 5 heteroatoms. The molecular formula is C12H17NO4. The third kappa shape index (κ3) is 9.04. The predicted octanol–water partition coefficient (Wildman–Crippen LogP) is 2.92. The van der Waals surface area contributed by atoms with E-state index in [1.165, 1.54) is 0 Å². The van der Waals surface area contributed by atoms with Crippen LogP contribution in [0, 0.1) is 10.1 Å². The van der Waals surface area contributed by atoms with Crippen LogP contribution in [0.4, 0.5) is 0 Å². The van der Waals surface area contributed by atoms with Gasteiger partial charge in [-0.2, -0.15) is 0 Å². The topological polar surface area (TPSA) is 80.4 Å². The Labute approximate surface area is 100 Å². The molecule has 0 unspecified atom stereocenters. The zero-order valence-corrected chi connectivity index (χ0v) is 9.83. The standard InChI is InChI=1S/C12H17NO4/c1-2-8-11(13(16)17)9-6-4-3-5-7-10-12(14)15/h4-8H,2-3,9-10H2,1H3,(H,14,15). The molecule has 17 heavy (non-hydrogen) atoms. The summed E-state index contributed by atoms with van der Waals surface area (Å²) >= 11 is 0. The van der Waals surface area contributed by atoms with Crippen LogP contribution in [0.3, 0.4) is 0 Å². The molecule has 0 heterocycles. The van der Waals surface area contributed by atoms with Gasteiger partial charge in [0.1, 0.15) is 0 Å². The lowest BCUT2D eigenvalue weighted by atomic mass is 10.2. The van der Waals surface area contributed by atoms with E-state index in [9.17, 15) is 14.9 Å². The van der Waals surface area contributed by atoms with Crippen molar-refractivity contribution in [2.75, 3.05) is 0 Å². The van der Waals surface area contributed by atoms with Crippen molar-refractivity contribution in [3.05, 3.63) is 46.2 Å². The lowest BCUT2D eigenvalue weighted by molar-refractivity contribution is -0.427. The van der Waals surface area contributed by atoms with Crippen LogP contribution in [0.2, 0.25) is 0 Å². The van der Waals surface area contributed by atoms with Crippen LogP contribution >= 0.6 is 0 Å². The van der Waals surface area contributed by atoms with Crippen LogP contribution in [0.1, 0.15) is 32.6 Å². The summed E-state index contributed by atoms with van der Waals surface area (Å²) in [6.45, 7) is 1.85. The minimum atomic E-state index is -0.869. The molecule has 0 spiro atoms. The van der Waals surface area contributed by atoms with Crippen molar-refractivity contribution < 1.29 is 14.8 Å². The largest absolute Gasteiger partial charge is 0.481 e. The third-order valence-corrected chi connectivity index (χ3v) is 1.90. The van der Waals surface area contributed by atoms with Crippen LogP contribution in [-0.4, -0.2) is 16.0 Å². The summed E-state index contributed by atoms with van der Waals surface area (Å²) < 4.78 is 0. The predicted molar refractivity (Wildman–Crippen MR) is 65.1 cm³/mol. The number of hydrogen-bond donors (Lipinski definition) is 1. The highest BCUT2D eigenvalue weighted by molar-refractivity contribution is 5.68. The number of carbonyl (C=O) groups is 1. The summed E-state index contributed by atoms with van der Waals surface area (Å²) in [7, 11) is 0. The van der Waals surface area contributed by atoms with Gasteiger partial charge >= 0.3 is 5.97 Å². The third-order valence-electron chi connectivity index (χ3n) is 1.90. The van der Waals surface area contributed by atoms with Crippen LogP contribution in [-0.2, 0) is 4.79 Å². The van der Waals surface area contributed by atoms with E-state index in [-0.39, 0.29) is 17.0 Å². The summed E-state index contributed by atoms with van der Waals surface area (Å²) in [5, 5.41) is 18.9. The number of rotatable bonds is 8. The van der Waals surface area contributed by atoms with Gasteiger partial charge in [0.25, 0.3) is 0 Å². The van der Waals surface area contributed by atoms with E-state index >= 15 is 0 Å². The lowest BCUT2D eigenvalue weighted by Crippen LogP contribution is -1.96. The highest BCUT2D eigenvalue weighted by Gasteiger charge is 2.05. The van der Waals surface area contributed by atoms with E-state index in [2.05, 4.69) is 0 Å². The van der Waals surface area contributed by atoms with Crippen LogP contribution < -0.4 is 0 Å². The van der Waals surface area contributed by atoms with Gasteiger partial charge in [-0.3, -0.25) is 14.9 Å². The van der Waals surface area contributed by atoms with E-state index in [0.717, 1.165) is 0 Å². The molecule has 0 saturated heterocycles. The molecule has 0 radical (unpaired) electrons. The maximum absolute atomic E-state index is 10.6. The van der Waals surface area contributed by atoms with Gasteiger partial charge in [0.2, 0.25) is 5.70 Å². The van der Waals surface area contributed by atoms with E-state index in [1.807, 2.05) is 6.92 Å². The van der Waals surface area contributed by atoms with Gasteiger partial charge in [0.15, 0.2) is 0 Å². The Morgan fingerprint density at radius 1 is 1.24 bits per heavy atom. The molecule has 0 bridgehead atoms. The molecule has 0 aliphatic carbocycles. The van der Waals surface area contributed by atoms with Crippen LogP contribution in [0.5, 0.6) is 0 Å². The summed E-state index contributed by atoms with van der Waals surface area (Å²) in [6.07, 6.45) is 9.90. The highest BCUT2D eigenvalue weighted by atomic mass is 16.6. The number of nitrogens with zero attached hydrogens (tertiary/aromatic N) is 1. The van der Waals surface area contributed by atoms with Crippen molar-refractivity contribution in [1.29, 1.82) is 0 Å². The van der Waals surface area contributed by atoms with Crippen LogP contribution in [0.15, 0.2) is 36.1 Å². The Bertz CT molecular complexity index is 342. The molecule has 0 fully saturated rings. The van der Waals surface area contributed by atoms with Gasteiger partial charge in [-0.15, -0.1) is 0 Å². The summed E-state index contributed by atoms with van der Waals surface area (Å²) in [6, 6.07) is 0.